The fraction of sp³-hybridized carbons (Fsp3) is 0.600. The van der Waals surface area contributed by atoms with Crippen LogP contribution in [0.4, 0.5) is 4.39 Å². The van der Waals surface area contributed by atoms with Crippen molar-refractivity contribution in [1.82, 2.24) is 0 Å². The van der Waals surface area contributed by atoms with Gasteiger partial charge in [-0.05, 0) is 43.1 Å². The molecule has 0 aromatic heterocycles. The molecule has 4 unspecified atom stereocenters. The Morgan fingerprint density at radius 1 is 1.33 bits per heavy atom. The summed E-state index contributed by atoms with van der Waals surface area (Å²) in [6.07, 6.45) is 5.32. The van der Waals surface area contributed by atoms with Gasteiger partial charge in [-0.1, -0.05) is 28.4 Å². The fourth-order valence-corrected chi connectivity index (χ4v) is 4.76. The van der Waals surface area contributed by atoms with Crippen molar-refractivity contribution in [3.8, 4) is 5.75 Å². The first kappa shape index (κ1) is 12.5. The minimum Gasteiger partial charge on any atom is -0.497 e. The van der Waals surface area contributed by atoms with Crippen molar-refractivity contribution in [2.24, 2.45) is 17.8 Å². The monoisotopic (exact) mass is 312 g/mol. The van der Waals surface area contributed by atoms with Gasteiger partial charge in [-0.3, -0.25) is 0 Å². The number of methoxy groups -OCH3 is 1. The highest BCUT2D eigenvalue weighted by Crippen LogP contribution is 2.55. The van der Waals surface area contributed by atoms with E-state index in [0.717, 1.165) is 17.4 Å². The Morgan fingerprint density at radius 2 is 2.17 bits per heavy atom. The highest BCUT2D eigenvalue weighted by atomic mass is 79.9. The third-order valence-corrected chi connectivity index (χ3v) is 5.85. The molecule has 1 nitrogen and oxygen atoms in total. The number of ether oxygens (including phenoxy) is 1. The molecule has 3 heteroatoms. The minimum atomic E-state index is -0.154. The van der Waals surface area contributed by atoms with Crippen LogP contribution in [0, 0.1) is 23.6 Å². The number of alkyl halides is 1. The molecule has 98 valence electrons. The summed E-state index contributed by atoms with van der Waals surface area (Å²) in [5, 5.41) is 0. The number of rotatable bonds is 3. The Hall–Kier alpha value is -0.570. The first-order valence-electron chi connectivity index (χ1n) is 6.66. The van der Waals surface area contributed by atoms with E-state index in [0.29, 0.717) is 11.7 Å². The third-order valence-electron chi connectivity index (χ3n) is 4.67. The van der Waals surface area contributed by atoms with Gasteiger partial charge in [0.25, 0.3) is 0 Å². The van der Waals surface area contributed by atoms with Crippen molar-refractivity contribution in [2.75, 3.05) is 7.11 Å². The second-order valence-corrected chi connectivity index (χ2v) is 6.61. The lowest BCUT2D eigenvalue weighted by molar-refractivity contribution is 0.326. The SMILES string of the molecule is COc1ccc(C(Br)C2CC3CCC2C3)c(F)c1. The average Bonchev–Trinajstić information content (AvgIpc) is 3.00. The molecule has 0 amide bonds. The van der Waals surface area contributed by atoms with Crippen molar-refractivity contribution in [3.05, 3.63) is 29.6 Å². The van der Waals surface area contributed by atoms with E-state index in [4.69, 9.17) is 4.74 Å². The molecule has 2 bridgehead atoms. The Kier molecular flexibility index (Phi) is 3.35. The highest BCUT2D eigenvalue weighted by Gasteiger charge is 2.43. The van der Waals surface area contributed by atoms with E-state index in [1.54, 1.807) is 7.11 Å². The number of hydrogen-bond donors (Lipinski definition) is 0. The Bertz CT molecular complexity index is 448. The summed E-state index contributed by atoms with van der Waals surface area (Å²) >= 11 is 3.73. The van der Waals surface area contributed by atoms with Gasteiger partial charge in [0, 0.05) is 16.5 Å². The zero-order valence-corrected chi connectivity index (χ0v) is 12.1. The summed E-state index contributed by atoms with van der Waals surface area (Å²) in [5.74, 6) is 2.72. The summed E-state index contributed by atoms with van der Waals surface area (Å²) in [4.78, 5) is 0.152. The standard InChI is InChI=1S/C15H18BrFO/c1-18-11-4-5-12(14(17)8-11)15(16)13-7-9-2-3-10(13)6-9/h4-5,8-10,13,15H,2-3,6-7H2,1H3. The van der Waals surface area contributed by atoms with Crippen molar-refractivity contribution in [1.29, 1.82) is 0 Å². The maximum atomic E-state index is 14.1. The average molecular weight is 313 g/mol. The summed E-state index contributed by atoms with van der Waals surface area (Å²) in [7, 11) is 1.57. The van der Waals surface area contributed by atoms with Crippen LogP contribution >= 0.6 is 15.9 Å². The van der Waals surface area contributed by atoms with Crippen LogP contribution in [0.5, 0.6) is 5.75 Å². The van der Waals surface area contributed by atoms with Crippen LogP contribution in [0.2, 0.25) is 0 Å². The van der Waals surface area contributed by atoms with E-state index in [-0.39, 0.29) is 10.6 Å². The molecular weight excluding hydrogens is 295 g/mol. The summed E-state index contributed by atoms with van der Waals surface area (Å²) in [6.45, 7) is 0. The lowest BCUT2D eigenvalue weighted by atomic mass is 9.84. The van der Waals surface area contributed by atoms with E-state index in [9.17, 15) is 4.39 Å². The second-order valence-electron chi connectivity index (χ2n) is 5.63. The highest BCUT2D eigenvalue weighted by molar-refractivity contribution is 9.09. The van der Waals surface area contributed by atoms with E-state index < -0.39 is 0 Å². The number of hydrogen-bond acceptors (Lipinski definition) is 1. The molecule has 2 fully saturated rings. The third kappa shape index (κ3) is 2.07. The lowest BCUT2D eigenvalue weighted by Gasteiger charge is -2.27. The zero-order valence-electron chi connectivity index (χ0n) is 10.5. The van der Waals surface area contributed by atoms with Gasteiger partial charge < -0.3 is 4.74 Å². The van der Waals surface area contributed by atoms with Gasteiger partial charge in [-0.15, -0.1) is 0 Å². The summed E-state index contributed by atoms with van der Waals surface area (Å²) in [5.41, 5.74) is 0.786. The molecule has 18 heavy (non-hydrogen) atoms. The molecule has 0 aliphatic heterocycles. The summed E-state index contributed by atoms with van der Waals surface area (Å²) < 4.78 is 19.1. The lowest BCUT2D eigenvalue weighted by Crippen LogP contribution is -2.16. The van der Waals surface area contributed by atoms with E-state index in [1.165, 1.54) is 31.7 Å². The Morgan fingerprint density at radius 3 is 2.72 bits per heavy atom. The quantitative estimate of drug-likeness (QED) is 0.735. The minimum absolute atomic E-state index is 0.152. The summed E-state index contributed by atoms with van der Waals surface area (Å²) in [6, 6.07) is 5.19. The van der Waals surface area contributed by atoms with Crippen LogP contribution in [-0.4, -0.2) is 7.11 Å². The molecule has 0 heterocycles. The predicted molar refractivity (Wildman–Crippen MR) is 73.6 cm³/mol. The smallest absolute Gasteiger partial charge is 0.131 e. The largest absolute Gasteiger partial charge is 0.497 e. The van der Waals surface area contributed by atoms with Gasteiger partial charge >= 0.3 is 0 Å². The van der Waals surface area contributed by atoms with Crippen LogP contribution in [0.1, 0.15) is 36.1 Å². The van der Waals surface area contributed by atoms with Crippen molar-refractivity contribution < 1.29 is 9.13 Å². The molecule has 2 aliphatic carbocycles. The van der Waals surface area contributed by atoms with Gasteiger partial charge in [0.1, 0.15) is 11.6 Å². The maximum Gasteiger partial charge on any atom is 0.131 e. The van der Waals surface area contributed by atoms with E-state index in [1.807, 2.05) is 12.1 Å². The molecule has 4 atom stereocenters. The van der Waals surface area contributed by atoms with Gasteiger partial charge in [-0.25, -0.2) is 4.39 Å². The number of benzene rings is 1. The van der Waals surface area contributed by atoms with Gasteiger partial charge in [0.2, 0.25) is 0 Å². The van der Waals surface area contributed by atoms with Crippen LogP contribution in [-0.2, 0) is 0 Å². The molecule has 0 radical (unpaired) electrons. The first-order valence-corrected chi connectivity index (χ1v) is 7.58. The van der Waals surface area contributed by atoms with Gasteiger partial charge in [-0.2, -0.15) is 0 Å². The number of fused-ring (bicyclic) bond motifs is 2. The normalized spacial score (nSPS) is 31.6. The zero-order chi connectivity index (χ0) is 12.7. The Labute approximate surface area is 116 Å². The Balaban J connectivity index is 1.82. The van der Waals surface area contributed by atoms with Gasteiger partial charge in [0.05, 0.1) is 7.11 Å². The molecule has 0 spiro atoms. The van der Waals surface area contributed by atoms with Crippen LogP contribution < -0.4 is 4.74 Å². The molecule has 3 rings (SSSR count). The number of halogens is 2. The molecule has 1 aromatic carbocycles. The first-order chi connectivity index (χ1) is 8.69. The van der Waals surface area contributed by atoms with E-state index >= 15 is 0 Å². The van der Waals surface area contributed by atoms with Crippen LogP contribution in [0.25, 0.3) is 0 Å². The molecule has 0 N–H and O–H groups in total. The second kappa shape index (κ2) is 4.84. The topological polar surface area (TPSA) is 9.23 Å². The van der Waals surface area contributed by atoms with Crippen LogP contribution in [0.15, 0.2) is 18.2 Å². The predicted octanol–water partition coefficient (Wildman–Crippen LogP) is 4.71. The molecule has 2 saturated carbocycles. The fourth-order valence-electron chi connectivity index (χ4n) is 3.74. The molecule has 1 aromatic rings. The van der Waals surface area contributed by atoms with Crippen LogP contribution in [0.3, 0.4) is 0 Å². The molecular formula is C15H18BrFO. The molecule has 0 saturated heterocycles. The van der Waals surface area contributed by atoms with Gasteiger partial charge in [0.15, 0.2) is 0 Å². The molecule has 2 aliphatic rings. The van der Waals surface area contributed by atoms with Crippen molar-refractivity contribution in [2.45, 2.75) is 30.5 Å². The van der Waals surface area contributed by atoms with Crippen molar-refractivity contribution >= 4 is 15.9 Å². The van der Waals surface area contributed by atoms with Crippen molar-refractivity contribution in [3.63, 3.8) is 0 Å². The maximum absolute atomic E-state index is 14.1. The van der Waals surface area contributed by atoms with E-state index in [2.05, 4.69) is 15.9 Å².